The lowest BCUT2D eigenvalue weighted by Crippen LogP contribution is -2.05. The summed E-state index contributed by atoms with van der Waals surface area (Å²) >= 11 is 11.1. The van der Waals surface area contributed by atoms with Gasteiger partial charge >= 0.3 is 0 Å². The summed E-state index contributed by atoms with van der Waals surface area (Å²) in [5, 5.41) is 4.85. The van der Waals surface area contributed by atoms with Gasteiger partial charge in [0.25, 0.3) is 0 Å². The molecule has 2 nitrogen and oxygen atoms in total. The monoisotopic (exact) mass is 290 g/mol. The van der Waals surface area contributed by atoms with Crippen molar-refractivity contribution >= 4 is 50.1 Å². The highest BCUT2D eigenvalue weighted by Gasteiger charge is 2.08. The Morgan fingerprint density at radius 3 is 3.00 bits per heavy atom. The minimum Gasteiger partial charge on any atom is -0.334 e. The van der Waals surface area contributed by atoms with Crippen LogP contribution in [0.15, 0.2) is 27.7 Å². The first-order valence-corrected chi connectivity index (χ1v) is 6.31. The third-order valence-electron chi connectivity index (χ3n) is 1.76. The lowest BCUT2D eigenvalue weighted by Gasteiger charge is -2.07. The molecule has 0 radical (unpaired) electrons. The fourth-order valence-electron chi connectivity index (χ4n) is 1.12. The summed E-state index contributed by atoms with van der Waals surface area (Å²) in [5.74, 6) is 1.05. The lowest BCUT2D eigenvalue weighted by atomic mass is 10.3. The number of hydrogen-bond acceptors (Lipinski definition) is 3. The molecule has 1 aliphatic rings. The number of thioether (sulfide) groups is 1. The molecule has 0 amide bonds. The number of amidine groups is 1. The molecule has 5 heteroatoms. The predicted molar refractivity (Wildman–Crippen MR) is 67.5 cm³/mol. The number of nitrogens with one attached hydrogen (secondary N) is 1. The molecular weight excluding hydrogens is 284 g/mol. The Hall–Kier alpha value is -0.190. The number of nitrogens with zero attached hydrogens (tertiary/aromatic N) is 1. The molecule has 1 aliphatic heterocycles. The predicted octanol–water partition coefficient (Wildman–Crippen LogP) is 3.62. The van der Waals surface area contributed by atoms with Crippen molar-refractivity contribution in [1.82, 2.24) is 0 Å². The van der Waals surface area contributed by atoms with E-state index in [0.717, 1.165) is 27.6 Å². The molecule has 1 aromatic rings. The van der Waals surface area contributed by atoms with Crippen LogP contribution in [0.3, 0.4) is 0 Å². The average molecular weight is 292 g/mol. The van der Waals surface area contributed by atoms with Crippen LogP contribution in [0.25, 0.3) is 0 Å². The van der Waals surface area contributed by atoms with E-state index in [0.29, 0.717) is 5.02 Å². The van der Waals surface area contributed by atoms with Gasteiger partial charge in [0.2, 0.25) is 0 Å². The Bertz CT molecular complexity index is 381. The first-order valence-electron chi connectivity index (χ1n) is 4.15. The van der Waals surface area contributed by atoms with Crippen molar-refractivity contribution in [3.05, 3.63) is 27.7 Å². The highest BCUT2D eigenvalue weighted by atomic mass is 79.9. The van der Waals surface area contributed by atoms with E-state index in [4.69, 9.17) is 11.6 Å². The van der Waals surface area contributed by atoms with Gasteiger partial charge in [0.1, 0.15) is 0 Å². The smallest absolute Gasteiger partial charge is 0.161 e. The number of benzene rings is 1. The normalized spacial score (nSPS) is 15.4. The second-order valence-corrected chi connectivity index (χ2v) is 5.19. The van der Waals surface area contributed by atoms with E-state index < -0.39 is 0 Å². The number of rotatable bonds is 1. The molecule has 1 aromatic carbocycles. The van der Waals surface area contributed by atoms with Crippen LogP contribution in [-0.2, 0) is 0 Å². The van der Waals surface area contributed by atoms with Gasteiger partial charge in [0, 0.05) is 10.2 Å². The minimum absolute atomic E-state index is 0.703. The van der Waals surface area contributed by atoms with Crippen molar-refractivity contribution in [1.29, 1.82) is 0 Å². The van der Waals surface area contributed by atoms with E-state index in [-0.39, 0.29) is 0 Å². The van der Waals surface area contributed by atoms with E-state index >= 15 is 0 Å². The van der Waals surface area contributed by atoms with Crippen LogP contribution in [0.2, 0.25) is 5.02 Å². The van der Waals surface area contributed by atoms with Crippen molar-refractivity contribution in [2.45, 2.75) is 0 Å². The average Bonchev–Trinajstić information content (AvgIpc) is 2.62. The van der Waals surface area contributed by atoms with Crippen molar-refractivity contribution in [2.24, 2.45) is 4.99 Å². The molecule has 1 N–H and O–H groups in total. The maximum Gasteiger partial charge on any atom is 0.161 e. The largest absolute Gasteiger partial charge is 0.334 e. The molecular formula is C9H8BrClN2S. The van der Waals surface area contributed by atoms with Gasteiger partial charge in [-0.25, -0.2) is 0 Å². The minimum atomic E-state index is 0.703. The number of anilines is 1. The van der Waals surface area contributed by atoms with Crippen LogP contribution >= 0.6 is 39.3 Å². The summed E-state index contributed by atoms with van der Waals surface area (Å²) in [6, 6.07) is 5.76. The van der Waals surface area contributed by atoms with Gasteiger partial charge in [-0.15, -0.1) is 0 Å². The van der Waals surface area contributed by atoms with E-state index in [9.17, 15) is 0 Å². The van der Waals surface area contributed by atoms with Crippen molar-refractivity contribution < 1.29 is 0 Å². The van der Waals surface area contributed by atoms with Crippen molar-refractivity contribution in [3.8, 4) is 0 Å². The summed E-state index contributed by atoms with van der Waals surface area (Å²) in [6.45, 7) is 0.890. The molecule has 74 valence electrons. The summed E-state index contributed by atoms with van der Waals surface area (Å²) in [6.07, 6.45) is 0. The van der Waals surface area contributed by atoms with Gasteiger partial charge in [0.15, 0.2) is 5.17 Å². The van der Waals surface area contributed by atoms with Gasteiger partial charge in [-0.05, 0) is 18.2 Å². The van der Waals surface area contributed by atoms with Crippen LogP contribution in [0.5, 0.6) is 0 Å². The number of aliphatic imine (C=N–C) groups is 1. The molecule has 0 saturated heterocycles. The molecule has 2 rings (SSSR count). The molecule has 0 aliphatic carbocycles. The molecule has 1 heterocycles. The molecule has 0 saturated carbocycles. The van der Waals surface area contributed by atoms with Crippen LogP contribution in [0, 0.1) is 0 Å². The molecule has 0 bridgehead atoms. The standard InChI is InChI=1S/C9H8BrClN2S/c10-6-1-2-8(7(11)5-6)13-9-12-3-4-14-9/h1-2,5H,3-4H2,(H,12,13). The zero-order chi connectivity index (χ0) is 9.97. The Morgan fingerprint density at radius 1 is 1.50 bits per heavy atom. The third kappa shape index (κ3) is 2.43. The van der Waals surface area contributed by atoms with E-state index in [2.05, 4.69) is 26.2 Å². The van der Waals surface area contributed by atoms with E-state index in [1.165, 1.54) is 0 Å². The molecule has 14 heavy (non-hydrogen) atoms. The maximum absolute atomic E-state index is 6.05. The number of halogens is 2. The molecule has 0 aromatic heterocycles. The van der Waals surface area contributed by atoms with Crippen LogP contribution in [0.1, 0.15) is 0 Å². The second-order valence-electron chi connectivity index (χ2n) is 2.78. The zero-order valence-corrected chi connectivity index (χ0v) is 10.4. The van der Waals surface area contributed by atoms with Gasteiger partial charge in [-0.1, -0.05) is 39.3 Å². The summed E-state index contributed by atoms with van der Waals surface area (Å²) in [5.41, 5.74) is 0.906. The van der Waals surface area contributed by atoms with Crippen molar-refractivity contribution in [3.63, 3.8) is 0 Å². The fourth-order valence-corrected chi connectivity index (χ4v) is 2.58. The fraction of sp³-hybridized carbons (Fsp3) is 0.222. The van der Waals surface area contributed by atoms with Gasteiger partial charge in [0.05, 0.1) is 17.3 Å². The van der Waals surface area contributed by atoms with Crippen LogP contribution in [-0.4, -0.2) is 17.5 Å². The maximum atomic E-state index is 6.05. The highest BCUT2D eigenvalue weighted by molar-refractivity contribution is 9.10. The third-order valence-corrected chi connectivity index (χ3v) is 3.46. The van der Waals surface area contributed by atoms with E-state index in [1.807, 2.05) is 18.2 Å². The Kier molecular flexibility index (Phi) is 3.36. The molecule has 0 atom stereocenters. The topological polar surface area (TPSA) is 24.4 Å². The lowest BCUT2D eigenvalue weighted by molar-refractivity contribution is 1.17. The molecule has 0 spiro atoms. The Balaban J connectivity index is 2.16. The summed E-state index contributed by atoms with van der Waals surface area (Å²) in [4.78, 5) is 4.29. The van der Waals surface area contributed by atoms with Gasteiger partial charge in [-0.2, -0.15) is 0 Å². The van der Waals surface area contributed by atoms with Gasteiger partial charge in [-0.3, -0.25) is 4.99 Å². The van der Waals surface area contributed by atoms with Crippen LogP contribution < -0.4 is 5.32 Å². The van der Waals surface area contributed by atoms with E-state index in [1.54, 1.807) is 11.8 Å². The summed E-state index contributed by atoms with van der Waals surface area (Å²) < 4.78 is 0.981. The van der Waals surface area contributed by atoms with Crippen molar-refractivity contribution in [2.75, 3.05) is 17.6 Å². The zero-order valence-electron chi connectivity index (χ0n) is 7.26. The quantitative estimate of drug-likeness (QED) is 0.854. The Labute approximate surface area is 100 Å². The van der Waals surface area contributed by atoms with Gasteiger partial charge < -0.3 is 5.32 Å². The first-order chi connectivity index (χ1) is 6.75. The summed E-state index contributed by atoms with van der Waals surface area (Å²) in [7, 11) is 0. The molecule has 0 unspecified atom stereocenters. The van der Waals surface area contributed by atoms with Crippen LogP contribution in [0.4, 0.5) is 5.69 Å². The Morgan fingerprint density at radius 2 is 2.36 bits per heavy atom. The SMILES string of the molecule is Clc1cc(Br)ccc1NC1=NCCS1. The molecule has 0 fully saturated rings. The highest BCUT2D eigenvalue weighted by Crippen LogP contribution is 2.27. The first kappa shape index (κ1) is 10.3. The number of hydrogen-bond donors (Lipinski definition) is 1. The second kappa shape index (κ2) is 4.55.